The Balaban J connectivity index is 0.00000144. The Bertz CT molecular complexity index is 302. The van der Waals surface area contributed by atoms with Crippen LogP contribution >= 0.6 is 24.8 Å². The molecule has 0 aliphatic carbocycles. The van der Waals surface area contributed by atoms with Gasteiger partial charge in [-0.25, -0.2) is 0 Å². The van der Waals surface area contributed by atoms with Crippen LogP contribution < -0.4 is 5.32 Å². The van der Waals surface area contributed by atoms with Gasteiger partial charge in [-0.2, -0.15) is 0 Å². The predicted molar refractivity (Wildman–Crippen MR) is 80.8 cm³/mol. The van der Waals surface area contributed by atoms with Gasteiger partial charge in [0, 0.05) is 32.4 Å². The van der Waals surface area contributed by atoms with Crippen molar-refractivity contribution < 1.29 is 0 Å². The first-order chi connectivity index (χ1) is 7.92. The Labute approximate surface area is 122 Å². The molecule has 1 saturated heterocycles. The van der Waals surface area contributed by atoms with E-state index in [1.165, 1.54) is 18.5 Å². The minimum Gasteiger partial charge on any atom is -0.314 e. The van der Waals surface area contributed by atoms with Crippen LogP contribution in [0.15, 0.2) is 24.4 Å². The zero-order valence-electron chi connectivity index (χ0n) is 10.8. The van der Waals surface area contributed by atoms with E-state index in [-0.39, 0.29) is 24.8 Å². The maximum Gasteiger partial charge on any atom is 0.0575 e. The number of rotatable bonds is 4. The molecular weight excluding hydrogens is 269 g/mol. The molecule has 2 rings (SSSR count). The van der Waals surface area contributed by atoms with Gasteiger partial charge in [-0.05, 0) is 18.6 Å². The summed E-state index contributed by atoms with van der Waals surface area (Å²) in [4.78, 5) is 7.07. The van der Waals surface area contributed by atoms with E-state index in [4.69, 9.17) is 0 Å². The van der Waals surface area contributed by atoms with Crippen molar-refractivity contribution in [1.82, 2.24) is 15.2 Å². The maximum atomic E-state index is 4.51. The highest BCUT2D eigenvalue weighted by atomic mass is 35.5. The lowest BCUT2D eigenvalue weighted by molar-refractivity contribution is 0.161. The zero-order valence-corrected chi connectivity index (χ0v) is 12.5. The van der Waals surface area contributed by atoms with Crippen LogP contribution in [0.3, 0.4) is 0 Å². The first-order valence-corrected chi connectivity index (χ1v) is 6.27. The number of halogens is 2. The standard InChI is InChI=1S/C13H21N3.2ClH/c1-2-5-13(12-6-3-4-7-15-12)16-10-8-14-9-11-16;;/h3-4,6-7,13-14H,2,5,8-11H2,1H3;2*1H/t13-;;/m1../s1. The molecular formula is C13H23Cl2N3. The molecule has 3 nitrogen and oxygen atoms in total. The van der Waals surface area contributed by atoms with Gasteiger partial charge in [0.15, 0.2) is 0 Å². The number of hydrogen-bond donors (Lipinski definition) is 1. The van der Waals surface area contributed by atoms with Crippen LogP contribution in [0, 0.1) is 0 Å². The molecule has 1 atom stereocenters. The van der Waals surface area contributed by atoms with Crippen LogP contribution in [0.25, 0.3) is 0 Å². The minimum absolute atomic E-state index is 0. The molecule has 1 aliphatic rings. The van der Waals surface area contributed by atoms with Gasteiger partial charge in [0.25, 0.3) is 0 Å². The molecule has 1 aromatic heterocycles. The van der Waals surface area contributed by atoms with E-state index >= 15 is 0 Å². The van der Waals surface area contributed by atoms with Crippen LogP contribution in [0.1, 0.15) is 31.5 Å². The summed E-state index contributed by atoms with van der Waals surface area (Å²) in [6.45, 7) is 6.74. The normalized spacial score (nSPS) is 17.4. The summed E-state index contributed by atoms with van der Waals surface area (Å²) in [5.74, 6) is 0. The minimum atomic E-state index is 0. The van der Waals surface area contributed by atoms with Crippen molar-refractivity contribution in [3.8, 4) is 0 Å². The molecule has 104 valence electrons. The molecule has 18 heavy (non-hydrogen) atoms. The number of nitrogens with one attached hydrogen (secondary N) is 1. The molecule has 0 radical (unpaired) electrons. The van der Waals surface area contributed by atoms with E-state index in [1.54, 1.807) is 0 Å². The third-order valence-electron chi connectivity index (χ3n) is 3.18. The lowest BCUT2D eigenvalue weighted by atomic mass is 10.0. The van der Waals surface area contributed by atoms with E-state index < -0.39 is 0 Å². The summed E-state index contributed by atoms with van der Waals surface area (Å²) < 4.78 is 0. The van der Waals surface area contributed by atoms with Crippen molar-refractivity contribution in [2.24, 2.45) is 0 Å². The number of piperazine rings is 1. The van der Waals surface area contributed by atoms with Crippen LogP contribution in [0.4, 0.5) is 0 Å². The lowest BCUT2D eigenvalue weighted by Gasteiger charge is -2.34. The Morgan fingerprint density at radius 2 is 2.00 bits per heavy atom. The fourth-order valence-electron chi connectivity index (χ4n) is 2.36. The highest BCUT2D eigenvalue weighted by molar-refractivity contribution is 5.85. The summed E-state index contributed by atoms with van der Waals surface area (Å²) in [5.41, 5.74) is 1.23. The van der Waals surface area contributed by atoms with Crippen LogP contribution in [-0.2, 0) is 0 Å². The highest BCUT2D eigenvalue weighted by Gasteiger charge is 2.21. The number of aromatic nitrogens is 1. The summed E-state index contributed by atoms with van der Waals surface area (Å²) in [6, 6.07) is 6.74. The largest absolute Gasteiger partial charge is 0.314 e. The highest BCUT2D eigenvalue weighted by Crippen LogP contribution is 2.23. The first-order valence-electron chi connectivity index (χ1n) is 6.27. The molecule has 0 amide bonds. The van der Waals surface area contributed by atoms with Gasteiger partial charge in [-0.3, -0.25) is 9.88 Å². The molecule has 5 heteroatoms. The van der Waals surface area contributed by atoms with Crippen LogP contribution in [-0.4, -0.2) is 36.1 Å². The topological polar surface area (TPSA) is 28.2 Å². The summed E-state index contributed by atoms with van der Waals surface area (Å²) in [6.07, 6.45) is 4.32. The van der Waals surface area contributed by atoms with Gasteiger partial charge < -0.3 is 5.32 Å². The second kappa shape index (κ2) is 9.56. The first kappa shape index (κ1) is 17.6. The third kappa shape index (κ3) is 4.73. The van der Waals surface area contributed by atoms with Crippen molar-refractivity contribution in [3.63, 3.8) is 0 Å². The zero-order chi connectivity index (χ0) is 11.2. The number of nitrogens with zero attached hydrogens (tertiary/aromatic N) is 2. The SMILES string of the molecule is CCC[C@H](c1ccccn1)N1CCNCC1.Cl.Cl. The summed E-state index contributed by atoms with van der Waals surface area (Å²) >= 11 is 0. The monoisotopic (exact) mass is 291 g/mol. The predicted octanol–water partition coefficient (Wildman–Crippen LogP) is 2.67. The van der Waals surface area contributed by atoms with Gasteiger partial charge in [-0.1, -0.05) is 19.4 Å². The lowest BCUT2D eigenvalue weighted by Crippen LogP contribution is -2.45. The smallest absolute Gasteiger partial charge is 0.0575 e. The van der Waals surface area contributed by atoms with Gasteiger partial charge in [0.1, 0.15) is 0 Å². The average Bonchev–Trinajstić information content (AvgIpc) is 2.38. The second-order valence-corrected chi connectivity index (χ2v) is 4.35. The fraction of sp³-hybridized carbons (Fsp3) is 0.615. The van der Waals surface area contributed by atoms with Crippen molar-refractivity contribution in [2.45, 2.75) is 25.8 Å². The second-order valence-electron chi connectivity index (χ2n) is 4.35. The van der Waals surface area contributed by atoms with Gasteiger partial charge in [0.2, 0.25) is 0 Å². The van der Waals surface area contributed by atoms with Crippen LogP contribution in [0.2, 0.25) is 0 Å². The Hall–Kier alpha value is -0.350. The van der Waals surface area contributed by atoms with E-state index in [9.17, 15) is 0 Å². The molecule has 1 aliphatic heterocycles. The van der Waals surface area contributed by atoms with E-state index in [2.05, 4.69) is 34.3 Å². The molecule has 0 bridgehead atoms. The summed E-state index contributed by atoms with van der Waals surface area (Å²) in [7, 11) is 0. The van der Waals surface area contributed by atoms with Crippen molar-refractivity contribution >= 4 is 24.8 Å². The molecule has 2 heterocycles. The molecule has 0 saturated carbocycles. The van der Waals surface area contributed by atoms with Gasteiger partial charge in [0.05, 0.1) is 11.7 Å². The van der Waals surface area contributed by atoms with E-state index in [0.29, 0.717) is 6.04 Å². The molecule has 1 fully saturated rings. The van der Waals surface area contributed by atoms with E-state index in [1.807, 2.05) is 12.3 Å². The Morgan fingerprint density at radius 1 is 1.28 bits per heavy atom. The van der Waals surface area contributed by atoms with Crippen molar-refractivity contribution in [2.75, 3.05) is 26.2 Å². The number of pyridine rings is 1. The Morgan fingerprint density at radius 3 is 2.56 bits per heavy atom. The quantitative estimate of drug-likeness (QED) is 0.925. The van der Waals surface area contributed by atoms with Crippen LogP contribution in [0.5, 0.6) is 0 Å². The maximum absolute atomic E-state index is 4.51. The molecule has 1 N–H and O–H groups in total. The Kier molecular flexibility index (Phi) is 9.38. The molecule has 0 spiro atoms. The molecule has 0 aromatic carbocycles. The fourth-order valence-corrected chi connectivity index (χ4v) is 2.36. The van der Waals surface area contributed by atoms with Crippen molar-refractivity contribution in [1.29, 1.82) is 0 Å². The third-order valence-corrected chi connectivity index (χ3v) is 3.18. The molecule has 0 unspecified atom stereocenters. The van der Waals surface area contributed by atoms with E-state index in [0.717, 1.165) is 26.2 Å². The molecule has 1 aromatic rings. The van der Waals surface area contributed by atoms with Gasteiger partial charge in [-0.15, -0.1) is 24.8 Å². The summed E-state index contributed by atoms with van der Waals surface area (Å²) in [5, 5.41) is 3.40. The van der Waals surface area contributed by atoms with Gasteiger partial charge >= 0.3 is 0 Å². The number of hydrogen-bond acceptors (Lipinski definition) is 3. The van der Waals surface area contributed by atoms with Crippen molar-refractivity contribution in [3.05, 3.63) is 30.1 Å². The average molecular weight is 292 g/mol.